The Morgan fingerprint density at radius 2 is 1.62 bits per heavy atom. The first kappa shape index (κ1) is 26.6. The molecule has 0 atom stereocenters. The number of methoxy groups -OCH3 is 1. The van der Waals surface area contributed by atoms with Gasteiger partial charge in [-0.05, 0) is 30.3 Å². The van der Waals surface area contributed by atoms with Crippen LogP contribution in [-0.4, -0.2) is 60.0 Å². The van der Waals surface area contributed by atoms with Crippen molar-refractivity contribution < 1.29 is 14.5 Å². The summed E-state index contributed by atoms with van der Waals surface area (Å²) in [6.07, 6.45) is 1.47. The van der Waals surface area contributed by atoms with E-state index in [-0.39, 0.29) is 12.1 Å². The third-order valence-corrected chi connectivity index (χ3v) is 5.65. The van der Waals surface area contributed by atoms with Gasteiger partial charge in [0.05, 0.1) is 17.5 Å². The van der Waals surface area contributed by atoms with Crippen LogP contribution in [0.5, 0.6) is 5.75 Å². The predicted molar refractivity (Wildman–Crippen MR) is 134 cm³/mol. The van der Waals surface area contributed by atoms with E-state index in [0.717, 1.165) is 0 Å². The molecule has 182 valence electrons. The number of pyridine rings is 1. The fourth-order valence-corrected chi connectivity index (χ4v) is 4.00. The number of fused-ring (bicyclic) bond motifs is 1. The van der Waals surface area contributed by atoms with Crippen LogP contribution < -0.4 is 21.3 Å². The fourth-order valence-electron chi connectivity index (χ4n) is 4.00. The lowest BCUT2D eigenvalue weighted by atomic mass is 10.1. The molecular formula is C23H28ClN5O5. The molecule has 0 spiro atoms. The summed E-state index contributed by atoms with van der Waals surface area (Å²) in [5.74, 6) is 0.567. The second-order valence-corrected chi connectivity index (χ2v) is 7.34. The first-order chi connectivity index (χ1) is 15.9. The molecule has 0 aliphatic carbocycles. The quantitative estimate of drug-likeness (QED) is 0.337. The van der Waals surface area contributed by atoms with Crippen LogP contribution in [0.2, 0.25) is 0 Å². The molecule has 0 unspecified atom stereocenters. The second kappa shape index (κ2) is 11.5. The van der Waals surface area contributed by atoms with Gasteiger partial charge in [-0.2, -0.15) is 0 Å². The average Bonchev–Trinajstić information content (AvgIpc) is 2.87. The van der Waals surface area contributed by atoms with E-state index in [1.54, 1.807) is 60.5 Å². The molecule has 0 radical (unpaired) electrons. The van der Waals surface area contributed by atoms with Gasteiger partial charge in [0.15, 0.2) is 0 Å². The highest BCUT2D eigenvalue weighted by atomic mass is 35.5. The molecule has 1 aliphatic rings. The molecule has 1 saturated heterocycles. The van der Waals surface area contributed by atoms with E-state index >= 15 is 0 Å². The molecule has 2 aromatic carbocycles. The summed E-state index contributed by atoms with van der Waals surface area (Å²) in [6.45, 7) is 1.57. The first-order valence-corrected chi connectivity index (χ1v) is 11.0. The number of ether oxygens (including phenoxy) is 1. The van der Waals surface area contributed by atoms with Crippen LogP contribution >= 0.6 is 11.6 Å². The molecule has 2 heterocycles. The van der Waals surface area contributed by atoms with E-state index in [0.29, 0.717) is 54.1 Å². The highest BCUT2D eigenvalue weighted by Crippen LogP contribution is 2.34. The van der Waals surface area contributed by atoms with E-state index in [9.17, 15) is 19.7 Å². The zero-order valence-corrected chi connectivity index (χ0v) is 20.1. The SMILES string of the molecule is CCl.COc1ccc(C(=O)N2CCN(c3c([N+](=O)[O-])c(=O)n(C)c4ccccc34)CC2)cc1.N. The number of piperazine rings is 1. The molecule has 0 saturated carbocycles. The minimum Gasteiger partial charge on any atom is -0.497 e. The number of aryl methyl sites for hydroxylation is 1. The smallest absolute Gasteiger partial charge is 0.357 e. The summed E-state index contributed by atoms with van der Waals surface area (Å²) in [7, 11) is 3.10. The maximum atomic E-state index is 12.8. The maximum absolute atomic E-state index is 12.8. The normalized spacial score (nSPS) is 12.9. The molecule has 3 N–H and O–H groups in total. The van der Waals surface area contributed by atoms with Crippen molar-refractivity contribution >= 4 is 39.8 Å². The van der Waals surface area contributed by atoms with Gasteiger partial charge in [0.25, 0.3) is 5.91 Å². The van der Waals surface area contributed by atoms with Crippen molar-refractivity contribution in [1.29, 1.82) is 0 Å². The number of benzene rings is 2. The van der Waals surface area contributed by atoms with Crippen molar-refractivity contribution in [3.05, 3.63) is 74.6 Å². The lowest BCUT2D eigenvalue weighted by Crippen LogP contribution is -2.49. The third kappa shape index (κ3) is 4.97. The number of carbonyl (C=O) groups is 1. The van der Waals surface area contributed by atoms with Crippen LogP contribution in [0.15, 0.2) is 53.3 Å². The second-order valence-electron chi connectivity index (χ2n) is 7.34. The van der Waals surface area contributed by atoms with E-state index < -0.39 is 16.2 Å². The van der Waals surface area contributed by atoms with Gasteiger partial charge in [-0.3, -0.25) is 19.7 Å². The maximum Gasteiger partial charge on any atom is 0.357 e. The molecule has 1 amide bonds. The number of halogens is 1. The van der Waals surface area contributed by atoms with Gasteiger partial charge in [0.1, 0.15) is 11.4 Å². The van der Waals surface area contributed by atoms with Gasteiger partial charge in [-0.25, -0.2) is 0 Å². The van der Waals surface area contributed by atoms with Crippen molar-refractivity contribution in [3.8, 4) is 5.75 Å². The Kier molecular flexibility index (Phi) is 8.99. The number of anilines is 1. The molecule has 1 aliphatic heterocycles. The molecule has 1 fully saturated rings. The summed E-state index contributed by atoms with van der Waals surface area (Å²) in [6, 6.07) is 14.0. The van der Waals surface area contributed by atoms with Crippen LogP contribution in [0.25, 0.3) is 10.9 Å². The minimum absolute atomic E-state index is 0. The zero-order valence-electron chi connectivity index (χ0n) is 19.4. The van der Waals surface area contributed by atoms with Gasteiger partial charge < -0.3 is 25.3 Å². The number of amides is 1. The minimum atomic E-state index is -0.643. The largest absolute Gasteiger partial charge is 0.497 e. The van der Waals surface area contributed by atoms with Crippen molar-refractivity contribution in [1.82, 2.24) is 15.6 Å². The van der Waals surface area contributed by atoms with Crippen molar-refractivity contribution in [2.45, 2.75) is 0 Å². The number of rotatable bonds is 4. The number of alkyl halides is 1. The van der Waals surface area contributed by atoms with Crippen LogP contribution in [0.1, 0.15) is 10.4 Å². The fraction of sp³-hybridized carbons (Fsp3) is 0.304. The standard InChI is InChI=1S/C22H22N4O5.CH3Cl.H3N/c1-23-18-6-4-3-5-17(18)19(20(22(23)28)26(29)30)24-11-13-25(14-12-24)21(27)15-7-9-16(31-2)10-8-15;1-2;/h3-10H,11-14H2,1-2H3;1H3;1H3. The Bertz CT molecular complexity index is 1220. The number of aromatic nitrogens is 1. The summed E-state index contributed by atoms with van der Waals surface area (Å²) in [5.41, 5.74) is 0.427. The van der Waals surface area contributed by atoms with Crippen molar-refractivity contribution in [2.24, 2.45) is 7.05 Å². The van der Waals surface area contributed by atoms with E-state index in [4.69, 9.17) is 4.74 Å². The van der Waals surface area contributed by atoms with Gasteiger partial charge >= 0.3 is 11.2 Å². The van der Waals surface area contributed by atoms with Gasteiger partial charge in [0, 0.05) is 50.6 Å². The summed E-state index contributed by atoms with van der Waals surface area (Å²) >= 11 is 4.64. The average molecular weight is 490 g/mol. The number of hydrogen-bond acceptors (Lipinski definition) is 7. The molecule has 34 heavy (non-hydrogen) atoms. The Morgan fingerprint density at radius 1 is 1.03 bits per heavy atom. The molecule has 11 heteroatoms. The van der Waals surface area contributed by atoms with Crippen LogP contribution in [-0.2, 0) is 7.05 Å². The van der Waals surface area contributed by atoms with Crippen molar-refractivity contribution in [2.75, 3.05) is 44.6 Å². The third-order valence-electron chi connectivity index (χ3n) is 5.65. The summed E-state index contributed by atoms with van der Waals surface area (Å²) in [4.78, 5) is 40.3. The highest BCUT2D eigenvalue weighted by Gasteiger charge is 2.31. The van der Waals surface area contributed by atoms with E-state index in [1.165, 1.54) is 18.0 Å². The first-order valence-electron chi connectivity index (χ1n) is 10.2. The summed E-state index contributed by atoms with van der Waals surface area (Å²) < 4.78 is 6.43. The van der Waals surface area contributed by atoms with Crippen LogP contribution in [0.3, 0.4) is 0 Å². The number of nitro groups is 1. The molecule has 4 rings (SSSR count). The Labute approximate surface area is 202 Å². The molecule has 0 bridgehead atoms. The number of hydrogen-bond donors (Lipinski definition) is 1. The monoisotopic (exact) mass is 489 g/mol. The van der Waals surface area contributed by atoms with E-state index in [1.807, 2.05) is 4.90 Å². The Balaban J connectivity index is 0.00000133. The number of carbonyl (C=O) groups excluding carboxylic acids is 1. The summed E-state index contributed by atoms with van der Waals surface area (Å²) in [5, 5.41) is 12.4. The number of nitrogens with zero attached hydrogens (tertiary/aromatic N) is 4. The lowest BCUT2D eigenvalue weighted by molar-refractivity contribution is -0.385. The van der Waals surface area contributed by atoms with Gasteiger partial charge in [-0.1, -0.05) is 18.2 Å². The van der Waals surface area contributed by atoms with Gasteiger partial charge in [-0.15, -0.1) is 11.6 Å². The Hall–Kier alpha value is -3.63. The highest BCUT2D eigenvalue weighted by molar-refractivity contribution is 6.15. The molecule has 10 nitrogen and oxygen atoms in total. The lowest BCUT2D eigenvalue weighted by Gasteiger charge is -2.36. The molecular weight excluding hydrogens is 462 g/mol. The molecule has 3 aromatic rings. The van der Waals surface area contributed by atoms with Gasteiger partial charge in [0.2, 0.25) is 0 Å². The predicted octanol–water partition coefficient (Wildman–Crippen LogP) is 3.43. The van der Waals surface area contributed by atoms with Crippen molar-refractivity contribution in [3.63, 3.8) is 0 Å². The topological polar surface area (TPSA) is 133 Å². The Morgan fingerprint density at radius 3 is 2.18 bits per heavy atom. The molecule has 1 aromatic heterocycles. The van der Waals surface area contributed by atoms with Crippen LogP contribution in [0, 0.1) is 10.1 Å². The zero-order chi connectivity index (χ0) is 24.1. The number of para-hydroxylation sites is 1. The van der Waals surface area contributed by atoms with Crippen LogP contribution in [0.4, 0.5) is 11.4 Å². The van der Waals surface area contributed by atoms with E-state index in [2.05, 4.69) is 11.6 Å².